The second kappa shape index (κ2) is 7.49. The van der Waals surface area contributed by atoms with Crippen LogP contribution in [-0.2, 0) is 9.09 Å². The Bertz CT molecular complexity index is 400. The molecule has 1 heterocycles. The quantitative estimate of drug-likeness (QED) is 0.465. The fourth-order valence-corrected chi connectivity index (χ4v) is 3.16. The highest BCUT2D eigenvalue weighted by molar-refractivity contribution is 7.59. The summed E-state index contributed by atoms with van der Waals surface area (Å²) in [6.45, 7) is 8.52. The van der Waals surface area contributed by atoms with Crippen molar-refractivity contribution < 1.29 is 9.09 Å². The van der Waals surface area contributed by atoms with Crippen LogP contribution in [-0.4, -0.2) is 36.3 Å². The van der Waals surface area contributed by atoms with E-state index < -0.39 is 12.8 Å². The third-order valence-electron chi connectivity index (χ3n) is 2.82. The molecule has 1 aliphatic heterocycles. The third-order valence-corrected chi connectivity index (χ3v) is 5.56. The predicted octanol–water partition coefficient (Wildman–Crippen LogP) is 1.68. The SMILES string of the molecule is CCCN.CCOP1(=O)N=C(NC#N)N(C)C1(C)C. The number of guanidine groups is 1. The Hall–Kier alpha value is -1.09. The molecule has 0 aromatic heterocycles. The molecule has 7 nitrogen and oxygen atoms in total. The van der Waals surface area contributed by atoms with Gasteiger partial charge in [-0.15, -0.1) is 0 Å². The van der Waals surface area contributed by atoms with Crippen LogP contribution in [0.15, 0.2) is 4.76 Å². The van der Waals surface area contributed by atoms with E-state index in [-0.39, 0.29) is 0 Å². The molecule has 1 atom stereocenters. The highest BCUT2D eigenvalue weighted by atomic mass is 31.2. The summed E-state index contributed by atoms with van der Waals surface area (Å²) in [7, 11) is -1.39. The largest absolute Gasteiger partial charge is 0.342 e. The predicted molar refractivity (Wildman–Crippen MR) is 76.6 cm³/mol. The molecule has 0 amide bonds. The van der Waals surface area contributed by atoms with Crippen LogP contribution in [0.2, 0.25) is 0 Å². The third kappa shape index (κ3) is 3.93. The van der Waals surface area contributed by atoms with Crippen molar-refractivity contribution in [2.24, 2.45) is 10.5 Å². The van der Waals surface area contributed by atoms with E-state index in [4.69, 9.17) is 15.5 Å². The number of nitrogens with zero attached hydrogens (tertiary/aromatic N) is 3. The smallest absolute Gasteiger partial charge is 0.330 e. The van der Waals surface area contributed by atoms with Gasteiger partial charge >= 0.3 is 7.52 Å². The highest BCUT2D eigenvalue weighted by Gasteiger charge is 2.52. The Balaban J connectivity index is 0.000000711. The van der Waals surface area contributed by atoms with Crippen LogP contribution in [0.3, 0.4) is 0 Å². The van der Waals surface area contributed by atoms with Crippen molar-refractivity contribution in [2.45, 2.75) is 39.4 Å². The van der Waals surface area contributed by atoms with E-state index in [0.29, 0.717) is 12.6 Å². The second-order valence-electron chi connectivity index (χ2n) is 4.44. The van der Waals surface area contributed by atoms with Crippen molar-refractivity contribution in [1.82, 2.24) is 10.2 Å². The van der Waals surface area contributed by atoms with Gasteiger partial charge in [0.05, 0.1) is 6.61 Å². The molecule has 19 heavy (non-hydrogen) atoms. The van der Waals surface area contributed by atoms with E-state index in [0.717, 1.165) is 13.0 Å². The fourth-order valence-electron chi connectivity index (χ4n) is 1.28. The summed E-state index contributed by atoms with van der Waals surface area (Å²) in [6.07, 6.45) is 2.86. The average Bonchev–Trinajstić information content (AvgIpc) is 2.52. The molecule has 1 rings (SSSR count). The van der Waals surface area contributed by atoms with E-state index in [1.165, 1.54) is 0 Å². The van der Waals surface area contributed by atoms with Gasteiger partial charge in [-0.3, -0.25) is 9.88 Å². The van der Waals surface area contributed by atoms with E-state index in [2.05, 4.69) is 17.0 Å². The van der Waals surface area contributed by atoms with Gasteiger partial charge < -0.3 is 15.2 Å². The topological polar surface area (TPSA) is 104 Å². The summed E-state index contributed by atoms with van der Waals surface area (Å²) in [6, 6.07) is 0. The van der Waals surface area contributed by atoms with E-state index in [1.807, 2.05) is 0 Å². The van der Waals surface area contributed by atoms with Gasteiger partial charge in [0.25, 0.3) is 0 Å². The van der Waals surface area contributed by atoms with Crippen LogP contribution < -0.4 is 11.1 Å². The lowest BCUT2D eigenvalue weighted by molar-refractivity contribution is 0.274. The molecule has 0 aliphatic carbocycles. The van der Waals surface area contributed by atoms with Crippen LogP contribution >= 0.6 is 7.52 Å². The van der Waals surface area contributed by atoms with Crippen LogP contribution in [0.25, 0.3) is 0 Å². The molecule has 1 aliphatic rings. The molecule has 0 fully saturated rings. The van der Waals surface area contributed by atoms with Crippen molar-refractivity contribution >= 4 is 13.5 Å². The normalized spacial score (nSPS) is 24.1. The maximum Gasteiger partial charge on any atom is 0.342 e. The van der Waals surface area contributed by atoms with Crippen LogP contribution in [0.5, 0.6) is 0 Å². The summed E-state index contributed by atoms with van der Waals surface area (Å²) in [5.74, 6) is 0.291. The van der Waals surface area contributed by atoms with Gasteiger partial charge in [0.15, 0.2) is 6.19 Å². The summed E-state index contributed by atoms with van der Waals surface area (Å²) in [5.41, 5.74) is 5.03. The monoisotopic (exact) mass is 289 g/mol. The molecule has 8 heteroatoms. The van der Waals surface area contributed by atoms with Crippen molar-refractivity contribution in [3.8, 4) is 6.19 Å². The number of nitriles is 1. The van der Waals surface area contributed by atoms with Gasteiger partial charge in [0, 0.05) is 7.05 Å². The Morgan fingerprint density at radius 1 is 1.58 bits per heavy atom. The molecule has 0 saturated carbocycles. The summed E-state index contributed by atoms with van der Waals surface area (Å²) in [4.78, 5) is 1.66. The maximum atomic E-state index is 12.4. The molecule has 1 unspecified atom stereocenters. The number of rotatable bonds is 3. The molecular weight excluding hydrogens is 265 g/mol. The molecule has 0 aromatic carbocycles. The van der Waals surface area contributed by atoms with E-state index in [9.17, 15) is 4.57 Å². The van der Waals surface area contributed by atoms with Crippen LogP contribution in [0.4, 0.5) is 0 Å². The first kappa shape index (κ1) is 17.9. The van der Waals surface area contributed by atoms with Crippen LogP contribution in [0, 0.1) is 11.5 Å². The molecule has 0 bridgehead atoms. The first-order chi connectivity index (χ1) is 8.80. The van der Waals surface area contributed by atoms with E-state index in [1.54, 1.807) is 38.9 Å². The second-order valence-corrected chi connectivity index (χ2v) is 7.03. The Morgan fingerprint density at radius 2 is 2.11 bits per heavy atom. The van der Waals surface area contributed by atoms with Crippen molar-refractivity contribution in [3.05, 3.63) is 0 Å². The molecule has 110 valence electrons. The zero-order chi connectivity index (χ0) is 15.1. The fraction of sp³-hybridized carbons (Fsp3) is 0.818. The summed E-state index contributed by atoms with van der Waals surface area (Å²) in [5, 5.41) is 10.2. The first-order valence-corrected chi connectivity index (χ1v) is 7.82. The molecule has 0 saturated heterocycles. The van der Waals surface area contributed by atoms with Crippen molar-refractivity contribution in [3.63, 3.8) is 0 Å². The zero-order valence-electron chi connectivity index (χ0n) is 12.3. The van der Waals surface area contributed by atoms with E-state index >= 15 is 0 Å². The minimum absolute atomic E-state index is 0.291. The van der Waals surface area contributed by atoms with Gasteiger partial charge in [-0.2, -0.15) is 10.0 Å². The van der Waals surface area contributed by atoms with Gasteiger partial charge in [-0.05, 0) is 33.7 Å². The molecule has 3 N–H and O–H groups in total. The minimum Gasteiger partial charge on any atom is -0.330 e. The number of nitrogens with one attached hydrogen (secondary N) is 1. The van der Waals surface area contributed by atoms with Crippen LogP contribution in [0.1, 0.15) is 34.1 Å². The average molecular weight is 289 g/mol. The van der Waals surface area contributed by atoms with Gasteiger partial charge in [0.1, 0.15) is 5.28 Å². The summed E-state index contributed by atoms with van der Waals surface area (Å²) < 4.78 is 21.6. The first-order valence-electron chi connectivity index (χ1n) is 6.24. The van der Waals surface area contributed by atoms with Gasteiger partial charge in [0.2, 0.25) is 5.96 Å². The number of nitrogens with two attached hydrogens (primary N) is 1. The van der Waals surface area contributed by atoms with Crippen molar-refractivity contribution in [2.75, 3.05) is 20.2 Å². The van der Waals surface area contributed by atoms with Gasteiger partial charge in [-0.25, -0.2) is 0 Å². The number of hydrogen-bond acceptors (Lipinski definition) is 6. The molecular formula is C11H24N5O2P. The van der Waals surface area contributed by atoms with Gasteiger partial charge in [-0.1, -0.05) is 6.92 Å². The van der Waals surface area contributed by atoms with Crippen molar-refractivity contribution in [1.29, 1.82) is 5.26 Å². The summed E-state index contributed by atoms with van der Waals surface area (Å²) >= 11 is 0. The molecule has 0 radical (unpaired) electrons. The maximum absolute atomic E-state index is 12.4. The lowest BCUT2D eigenvalue weighted by Gasteiger charge is -2.32. The Morgan fingerprint density at radius 3 is 2.47 bits per heavy atom. The standard InChI is InChI=1S/C8H15N4O2P.C3H9N/c1-5-14-15(13)8(2,3)12(4)7(11-15)10-6-9;1-2-3-4/h5H2,1-4H3,(H,10,11,13);2-4H2,1H3. The molecule has 0 aromatic rings. The Kier molecular flexibility index (Phi) is 7.06. The minimum atomic E-state index is -3.11. The zero-order valence-corrected chi connectivity index (χ0v) is 13.2. The lowest BCUT2D eigenvalue weighted by atomic mass is 10.3. The molecule has 0 spiro atoms. The Labute approximate surface area is 115 Å². The highest BCUT2D eigenvalue weighted by Crippen LogP contribution is 2.64. The number of hydrogen-bond donors (Lipinski definition) is 2. The lowest BCUT2D eigenvalue weighted by Crippen LogP contribution is -2.44.